The van der Waals surface area contributed by atoms with Crippen molar-refractivity contribution in [3.05, 3.63) is 64.3 Å². The molecule has 122 valence electrons. The van der Waals surface area contributed by atoms with Crippen molar-refractivity contribution < 1.29 is 0 Å². The lowest BCUT2D eigenvalue weighted by Crippen LogP contribution is -2.03. The third kappa shape index (κ3) is 4.08. The standard InChI is InChI=1S/C18H18BrN5/c1-3-13-4-7-15(8-5-13)21-17-11-20-24-18(23-17)22-16-9-6-14(19)10-12(16)2/h4-11H,3H2,1-2H3,(H2,21,22,23,24). The Morgan fingerprint density at radius 2 is 1.83 bits per heavy atom. The minimum absolute atomic E-state index is 0.454. The summed E-state index contributed by atoms with van der Waals surface area (Å²) in [7, 11) is 0. The van der Waals surface area contributed by atoms with E-state index in [0.717, 1.165) is 27.8 Å². The van der Waals surface area contributed by atoms with E-state index in [1.807, 2.05) is 37.3 Å². The van der Waals surface area contributed by atoms with Crippen molar-refractivity contribution in [3.8, 4) is 0 Å². The second-order valence-corrected chi connectivity index (χ2v) is 6.34. The lowest BCUT2D eigenvalue weighted by atomic mass is 10.1. The highest BCUT2D eigenvalue weighted by Crippen LogP contribution is 2.23. The van der Waals surface area contributed by atoms with E-state index in [-0.39, 0.29) is 0 Å². The van der Waals surface area contributed by atoms with Gasteiger partial charge in [0.05, 0.1) is 6.20 Å². The Bertz CT molecular complexity index is 833. The molecule has 24 heavy (non-hydrogen) atoms. The van der Waals surface area contributed by atoms with Gasteiger partial charge in [-0.2, -0.15) is 10.1 Å². The molecule has 1 heterocycles. The monoisotopic (exact) mass is 383 g/mol. The van der Waals surface area contributed by atoms with Gasteiger partial charge in [0.1, 0.15) is 0 Å². The first-order chi connectivity index (χ1) is 11.6. The van der Waals surface area contributed by atoms with Crippen molar-refractivity contribution in [2.75, 3.05) is 10.6 Å². The van der Waals surface area contributed by atoms with Crippen molar-refractivity contribution in [1.82, 2.24) is 15.2 Å². The van der Waals surface area contributed by atoms with Gasteiger partial charge in [-0.25, -0.2) is 0 Å². The lowest BCUT2D eigenvalue weighted by molar-refractivity contribution is 0.981. The van der Waals surface area contributed by atoms with Crippen LogP contribution in [0, 0.1) is 6.92 Å². The first-order valence-electron chi connectivity index (χ1n) is 7.73. The van der Waals surface area contributed by atoms with Crippen LogP contribution in [0.15, 0.2) is 53.1 Å². The number of hydrogen-bond acceptors (Lipinski definition) is 5. The van der Waals surface area contributed by atoms with Crippen LogP contribution in [-0.4, -0.2) is 15.2 Å². The van der Waals surface area contributed by atoms with Crippen LogP contribution in [0.4, 0.5) is 23.1 Å². The van der Waals surface area contributed by atoms with Gasteiger partial charge in [0.2, 0.25) is 5.95 Å². The molecule has 0 spiro atoms. The average molecular weight is 384 g/mol. The molecule has 0 unspecified atom stereocenters. The summed E-state index contributed by atoms with van der Waals surface area (Å²) in [4.78, 5) is 4.46. The molecule has 0 aliphatic heterocycles. The third-order valence-electron chi connectivity index (χ3n) is 3.63. The van der Waals surface area contributed by atoms with Gasteiger partial charge in [-0.1, -0.05) is 35.0 Å². The number of rotatable bonds is 5. The summed E-state index contributed by atoms with van der Waals surface area (Å²) in [5, 5.41) is 14.5. The molecule has 1 aromatic heterocycles. The Morgan fingerprint density at radius 3 is 2.54 bits per heavy atom. The number of hydrogen-bond donors (Lipinski definition) is 2. The van der Waals surface area contributed by atoms with Crippen LogP contribution >= 0.6 is 15.9 Å². The average Bonchev–Trinajstić information content (AvgIpc) is 2.58. The topological polar surface area (TPSA) is 62.7 Å². The minimum atomic E-state index is 0.454. The molecular weight excluding hydrogens is 366 g/mol. The molecule has 0 aliphatic carbocycles. The second kappa shape index (κ2) is 7.40. The molecule has 0 atom stereocenters. The number of halogens is 1. The summed E-state index contributed by atoms with van der Waals surface area (Å²) in [5.74, 6) is 1.10. The minimum Gasteiger partial charge on any atom is -0.339 e. The maximum absolute atomic E-state index is 4.46. The molecule has 5 nitrogen and oxygen atoms in total. The summed E-state index contributed by atoms with van der Waals surface area (Å²) in [6.45, 7) is 4.16. The Hall–Kier alpha value is -2.47. The summed E-state index contributed by atoms with van der Waals surface area (Å²) >= 11 is 3.46. The normalized spacial score (nSPS) is 10.5. The fourth-order valence-corrected chi connectivity index (χ4v) is 2.75. The molecule has 6 heteroatoms. The van der Waals surface area contributed by atoms with E-state index in [1.165, 1.54) is 5.56 Å². The molecule has 3 rings (SSSR count). The van der Waals surface area contributed by atoms with Crippen LogP contribution in [-0.2, 0) is 6.42 Å². The predicted octanol–water partition coefficient (Wildman–Crippen LogP) is 4.99. The van der Waals surface area contributed by atoms with Crippen LogP contribution in [0.3, 0.4) is 0 Å². The van der Waals surface area contributed by atoms with Crippen LogP contribution in [0.2, 0.25) is 0 Å². The maximum atomic E-state index is 4.46. The Labute approximate surface area is 149 Å². The van der Waals surface area contributed by atoms with E-state index < -0.39 is 0 Å². The fraction of sp³-hybridized carbons (Fsp3) is 0.167. The molecule has 0 saturated carbocycles. The van der Waals surface area contributed by atoms with E-state index in [0.29, 0.717) is 11.8 Å². The molecule has 0 fully saturated rings. The quantitative estimate of drug-likeness (QED) is 0.649. The smallest absolute Gasteiger partial charge is 0.249 e. The Morgan fingerprint density at radius 1 is 1.04 bits per heavy atom. The molecule has 0 saturated heterocycles. The lowest BCUT2D eigenvalue weighted by Gasteiger charge is -2.10. The van der Waals surface area contributed by atoms with E-state index in [9.17, 15) is 0 Å². The SMILES string of the molecule is CCc1ccc(Nc2cnnc(Nc3ccc(Br)cc3C)n2)cc1. The van der Waals surface area contributed by atoms with Gasteiger partial charge in [-0.3, -0.25) is 0 Å². The molecule has 2 N–H and O–H groups in total. The second-order valence-electron chi connectivity index (χ2n) is 5.42. The van der Waals surface area contributed by atoms with Crippen molar-refractivity contribution >= 4 is 39.1 Å². The Kier molecular flexibility index (Phi) is 5.05. The largest absolute Gasteiger partial charge is 0.339 e. The van der Waals surface area contributed by atoms with E-state index in [2.05, 4.69) is 60.8 Å². The zero-order valence-electron chi connectivity index (χ0n) is 13.5. The highest BCUT2D eigenvalue weighted by molar-refractivity contribution is 9.10. The number of anilines is 4. The number of nitrogens with zero attached hydrogens (tertiary/aromatic N) is 3. The summed E-state index contributed by atoms with van der Waals surface area (Å²) < 4.78 is 1.04. The zero-order valence-corrected chi connectivity index (χ0v) is 15.1. The number of benzene rings is 2. The van der Waals surface area contributed by atoms with Crippen LogP contribution in [0.1, 0.15) is 18.1 Å². The molecule has 0 aliphatic rings. The predicted molar refractivity (Wildman–Crippen MR) is 101 cm³/mol. The van der Waals surface area contributed by atoms with Crippen LogP contribution < -0.4 is 10.6 Å². The Balaban J connectivity index is 1.75. The molecule has 0 amide bonds. The number of aryl methyl sites for hydroxylation is 2. The van der Waals surface area contributed by atoms with Gasteiger partial charge in [-0.15, -0.1) is 5.10 Å². The van der Waals surface area contributed by atoms with Crippen LogP contribution in [0.5, 0.6) is 0 Å². The molecule has 0 radical (unpaired) electrons. The van der Waals surface area contributed by atoms with Crippen molar-refractivity contribution in [2.24, 2.45) is 0 Å². The van der Waals surface area contributed by atoms with Gasteiger partial charge >= 0.3 is 0 Å². The fourth-order valence-electron chi connectivity index (χ4n) is 2.28. The summed E-state index contributed by atoms with van der Waals surface area (Å²) in [6, 6.07) is 14.3. The van der Waals surface area contributed by atoms with Gasteiger partial charge in [0.15, 0.2) is 5.82 Å². The van der Waals surface area contributed by atoms with Gasteiger partial charge in [0.25, 0.3) is 0 Å². The van der Waals surface area contributed by atoms with Gasteiger partial charge < -0.3 is 10.6 Å². The molecular formula is C18H18BrN5. The van der Waals surface area contributed by atoms with Crippen LogP contribution in [0.25, 0.3) is 0 Å². The van der Waals surface area contributed by atoms with Crippen molar-refractivity contribution in [3.63, 3.8) is 0 Å². The van der Waals surface area contributed by atoms with E-state index >= 15 is 0 Å². The zero-order chi connectivity index (χ0) is 16.9. The van der Waals surface area contributed by atoms with E-state index in [4.69, 9.17) is 0 Å². The molecule has 2 aromatic carbocycles. The third-order valence-corrected chi connectivity index (χ3v) is 4.12. The summed E-state index contributed by atoms with van der Waals surface area (Å²) in [5.41, 5.74) is 4.32. The van der Waals surface area contributed by atoms with E-state index in [1.54, 1.807) is 6.20 Å². The highest BCUT2D eigenvalue weighted by atomic mass is 79.9. The first kappa shape index (κ1) is 16.4. The molecule has 3 aromatic rings. The maximum Gasteiger partial charge on any atom is 0.249 e. The number of nitrogens with one attached hydrogen (secondary N) is 2. The highest BCUT2D eigenvalue weighted by Gasteiger charge is 2.04. The first-order valence-corrected chi connectivity index (χ1v) is 8.52. The van der Waals surface area contributed by atoms with Gasteiger partial charge in [-0.05, 0) is 54.8 Å². The number of aromatic nitrogens is 3. The summed E-state index contributed by atoms with van der Waals surface area (Å²) in [6.07, 6.45) is 2.63. The molecule has 0 bridgehead atoms. The van der Waals surface area contributed by atoms with Crippen molar-refractivity contribution in [1.29, 1.82) is 0 Å². The van der Waals surface area contributed by atoms with Crippen molar-refractivity contribution in [2.45, 2.75) is 20.3 Å². The van der Waals surface area contributed by atoms with Gasteiger partial charge in [0, 0.05) is 15.8 Å².